The Balaban J connectivity index is 0.000000430. The average molecular weight is 601 g/mol. The molecule has 238 valence electrons. The van der Waals surface area contributed by atoms with Crippen LogP contribution in [0.5, 0.6) is 11.5 Å². The smallest absolute Gasteiger partial charge is 0.415 e. The summed E-state index contributed by atoms with van der Waals surface area (Å²) in [5, 5.41) is 0. The van der Waals surface area contributed by atoms with E-state index in [1.165, 1.54) is 0 Å². The number of ether oxygens (including phenoxy) is 4. The van der Waals surface area contributed by atoms with Crippen LogP contribution in [-0.2, 0) is 31.9 Å². The molecule has 0 N–H and O–H groups in total. The lowest BCUT2D eigenvalue weighted by atomic mass is 10.0. The minimum atomic E-state index is -0.403. The van der Waals surface area contributed by atoms with Gasteiger partial charge in [-0.1, -0.05) is 35.9 Å². The minimum absolute atomic E-state index is 0.0936. The Hall–Kier alpha value is -4.08. The molecular formula is C33H48N2O8. The number of rotatable bonds is 12. The highest BCUT2D eigenvalue weighted by molar-refractivity contribution is 5.77. The summed E-state index contributed by atoms with van der Waals surface area (Å²) < 4.78 is 20.9. The summed E-state index contributed by atoms with van der Waals surface area (Å²) in [5.74, 6) is 0.244. The molecule has 0 heterocycles. The Morgan fingerprint density at radius 3 is 1.49 bits per heavy atom. The number of amides is 2. The Morgan fingerprint density at radius 1 is 0.605 bits per heavy atom. The van der Waals surface area contributed by atoms with Gasteiger partial charge >= 0.3 is 24.1 Å². The maximum atomic E-state index is 12.2. The van der Waals surface area contributed by atoms with Gasteiger partial charge in [-0.25, -0.2) is 9.59 Å². The Morgan fingerprint density at radius 2 is 1.05 bits per heavy atom. The van der Waals surface area contributed by atoms with Gasteiger partial charge in [-0.05, 0) is 73.4 Å². The zero-order valence-electron chi connectivity index (χ0n) is 27.2. The molecule has 43 heavy (non-hydrogen) atoms. The molecule has 0 aliphatic carbocycles. The van der Waals surface area contributed by atoms with Gasteiger partial charge in [-0.3, -0.25) is 9.59 Å². The van der Waals surface area contributed by atoms with E-state index < -0.39 is 12.2 Å². The van der Waals surface area contributed by atoms with Crippen molar-refractivity contribution in [2.75, 3.05) is 39.4 Å². The second-order valence-electron chi connectivity index (χ2n) is 9.68. The lowest BCUT2D eigenvalue weighted by Gasteiger charge is -2.20. The molecule has 0 fully saturated rings. The number of nitrogens with zero attached hydrogens (tertiary/aromatic N) is 2. The molecule has 0 aliphatic rings. The maximum absolute atomic E-state index is 12.2. The van der Waals surface area contributed by atoms with Crippen molar-refractivity contribution in [3.63, 3.8) is 0 Å². The third-order valence-corrected chi connectivity index (χ3v) is 6.49. The fraction of sp³-hybridized carbons (Fsp3) is 0.515. The number of para-hydroxylation sites is 1. The zero-order chi connectivity index (χ0) is 32.5. The van der Waals surface area contributed by atoms with Crippen LogP contribution in [0.2, 0.25) is 0 Å². The monoisotopic (exact) mass is 600 g/mol. The van der Waals surface area contributed by atoms with Gasteiger partial charge in [0.05, 0.1) is 26.1 Å². The zero-order valence-corrected chi connectivity index (χ0v) is 27.2. The standard InChI is InChI=1S/C17H25NO4.C16H23NO4/c1-6-18(7-2)17(20)22-16-13(5)9-12(4)10-14(16)11-15(19)21-8-3;1-5-17(6-2)16(19)21-15-12(4)9-8-10-13(15)11-14(18)20-7-3/h9-10H,6-8,11H2,1-5H3;8-10H,5-7,11H2,1-4H3. The number of hydrogen-bond donors (Lipinski definition) is 0. The fourth-order valence-electron chi connectivity index (χ4n) is 4.32. The van der Waals surface area contributed by atoms with E-state index in [0.717, 1.165) is 16.7 Å². The molecule has 0 bridgehead atoms. The maximum Gasteiger partial charge on any atom is 0.415 e. The second-order valence-corrected chi connectivity index (χ2v) is 9.68. The van der Waals surface area contributed by atoms with Gasteiger partial charge in [0.1, 0.15) is 11.5 Å². The van der Waals surface area contributed by atoms with Crippen molar-refractivity contribution in [1.82, 2.24) is 9.80 Å². The molecular weight excluding hydrogens is 552 g/mol. The van der Waals surface area contributed by atoms with Crippen LogP contribution in [0.1, 0.15) is 69.4 Å². The fourth-order valence-corrected chi connectivity index (χ4v) is 4.32. The highest BCUT2D eigenvalue weighted by Gasteiger charge is 2.20. The Bertz CT molecular complexity index is 1220. The first-order valence-corrected chi connectivity index (χ1v) is 14.9. The molecule has 2 aromatic rings. The number of hydrogen-bond acceptors (Lipinski definition) is 8. The molecule has 10 nitrogen and oxygen atoms in total. The van der Waals surface area contributed by atoms with E-state index in [1.54, 1.807) is 29.7 Å². The predicted octanol–water partition coefficient (Wildman–Crippen LogP) is 6.19. The molecule has 0 saturated carbocycles. The van der Waals surface area contributed by atoms with E-state index in [0.29, 0.717) is 62.0 Å². The molecule has 0 radical (unpaired) electrons. The Labute approximate surface area is 256 Å². The van der Waals surface area contributed by atoms with Gasteiger partial charge in [-0.15, -0.1) is 0 Å². The van der Waals surface area contributed by atoms with Crippen molar-refractivity contribution in [3.05, 3.63) is 58.1 Å². The molecule has 0 saturated heterocycles. The molecule has 0 atom stereocenters. The van der Waals surface area contributed by atoms with E-state index in [4.69, 9.17) is 18.9 Å². The summed E-state index contributed by atoms with van der Waals surface area (Å²) >= 11 is 0. The molecule has 2 amide bonds. The number of esters is 2. The normalized spacial score (nSPS) is 10.2. The summed E-state index contributed by atoms with van der Waals surface area (Å²) in [6, 6.07) is 9.24. The van der Waals surface area contributed by atoms with Gasteiger partial charge in [0.2, 0.25) is 0 Å². The van der Waals surface area contributed by atoms with Gasteiger partial charge in [0.15, 0.2) is 0 Å². The van der Waals surface area contributed by atoms with E-state index in [9.17, 15) is 19.2 Å². The summed E-state index contributed by atoms with van der Waals surface area (Å²) in [5.41, 5.74) is 4.00. The molecule has 0 spiro atoms. The van der Waals surface area contributed by atoms with E-state index in [-0.39, 0.29) is 24.8 Å². The van der Waals surface area contributed by atoms with Crippen molar-refractivity contribution in [2.24, 2.45) is 0 Å². The summed E-state index contributed by atoms with van der Waals surface area (Å²) in [6.07, 6.45) is -0.616. The first kappa shape index (κ1) is 36.9. The highest BCUT2D eigenvalue weighted by atomic mass is 16.6. The summed E-state index contributed by atoms with van der Waals surface area (Å²) in [4.78, 5) is 50.8. The van der Waals surface area contributed by atoms with Gasteiger partial charge in [0.25, 0.3) is 0 Å². The SMILES string of the molecule is CCOC(=O)Cc1cc(C)cc(C)c1OC(=O)N(CC)CC.CCOC(=O)Cc1cccc(C)c1OC(=O)N(CC)CC. The molecule has 2 rings (SSSR count). The van der Waals surface area contributed by atoms with Crippen LogP contribution in [0.4, 0.5) is 9.59 Å². The third-order valence-electron chi connectivity index (χ3n) is 6.49. The predicted molar refractivity (Wildman–Crippen MR) is 166 cm³/mol. The number of carbonyl (C=O) groups excluding carboxylic acids is 4. The second kappa shape index (κ2) is 19.2. The van der Waals surface area contributed by atoms with Crippen LogP contribution in [0, 0.1) is 20.8 Å². The van der Waals surface area contributed by atoms with Crippen molar-refractivity contribution < 1.29 is 38.1 Å². The first-order valence-electron chi connectivity index (χ1n) is 14.9. The van der Waals surface area contributed by atoms with Crippen LogP contribution < -0.4 is 9.47 Å². The van der Waals surface area contributed by atoms with Gasteiger partial charge in [0, 0.05) is 37.3 Å². The highest BCUT2D eigenvalue weighted by Crippen LogP contribution is 2.27. The molecule has 10 heteroatoms. The summed E-state index contributed by atoms with van der Waals surface area (Å²) in [7, 11) is 0. The van der Waals surface area contributed by atoms with Gasteiger partial charge in [-0.2, -0.15) is 0 Å². The van der Waals surface area contributed by atoms with Crippen LogP contribution >= 0.6 is 0 Å². The van der Waals surface area contributed by atoms with Crippen molar-refractivity contribution in [3.8, 4) is 11.5 Å². The minimum Gasteiger partial charge on any atom is -0.466 e. The lowest BCUT2D eigenvalue weighted by Crippen LogP contribution is -2.33. The molecule has 0 unspecified atom stereocenters. The van der Waals surface area contributed by atoms with Crippen molar-refractivity contribution in [1.29, 1.82) is 0 Å². The van der Waals surface area contributed by atoms with Crippen LogP contribution in [-0.4, -0.2) is 73.3 Å². The van der Waals surface area contributed by atoms with Crippen LogP contribution in [0.25, 0.3) is 0 Å². The number of benzene rings is 2. The topological polar surface area (TPSA) is 112 Å². The lowest BCUT2D eigenvalue weighted by molar-refractivity contribution is -0.143. The largest absolute Gasteiger partial charge is 0.466 e. The first-order chi connectivity index (χ1) is 20.4. The van der Waals surface area contributed by atoms with E-state index in [2.05, 4.69) is 0 Å². The van der Waals surface area contributed by atoms with Crippen molar-refractivity contribution in [2.45, 2.75) is 75.2 Å². The molecule has 0 aromatic heterocycles. The average Bonchev–Trinajstić information content (AvgIpc) is 2.94. The third kappa shape index (κ3) is 12.0. The summed E-state index contributed by atoms with van der Waals surface area (Å²) in [6.45, 7) is 19.7. The number of carbonyl (C=O) groups is 4. The molecule has 2 aromatic carbocycles. The van der Waals surface area contributed by atoms with Gasteiger partial charge < -0.3 is 28.7 Å². The van der Waals surface area contributed by atoms with Crippen molar-refractivity contribution >= 4 is 24.1 Å². The van der Waals surface area contributed by atoms with E-state index >= 15 is 0 Å². The van der Waals surface area contributed by atoms with Crippen LogP contribution in [0.15, 0.2) is 30.3 Å². The molecule has 0 aliphatic heterocycles. The van der Waals surface area contributed by atoms with E-state index in [1.807, 2.05) is 72.7 Å². The quantitative estimate of drug-likeness (QED) is 0.265. The Kier molecular flexibility index (Phi) is 16.5. The van der Waals surface area contributed by atoms with Crippen LogP contribution in [0.3, 0.4) is 0 Å². The number of aryl methyl sites for hydroxylation is 3.